The molecule has 11 nitrogen and oxygen atoms in total. The van der Waals surface area contributed by atoms with Crippen LogP contribution >= 0.6 is 11.3 Å². The number of carbonyl (C=O) groups is 3. The van der Waals surface area contributed by atoms with E-state index < -0.39 is 23.6 Å². The van der Waals surface area contributed by atoms with E-state index in [2.05, 4.69) is 15.6 Å². The van der Waals surface area contributed by atoms with Gasteiger partial charge in [-0.15, -0.1) is 11.3 Å². The lowest BCUT2D eigenvalue weighted by atomic mass is 10.1. The molecular weight excluding hydrogens is 532 g/mol. The summed E-state index contributed by atoms with van der Waals surface area (Å²) in [5.74, 6) is -2.39. The molecule has 2 aliphatic heterocycles. The predicted molar refractivity (Wildman–Crippen MR) is 149 cm³/mol. The van der Waals surface area contributed by atoms with Gasteiger partial charge in [0.1, 0.15) is 17.6 Å². The van der Waals surface area contributed by atoms with E-state index in [1.165, 1.54) is 16.2 Å². The first-order valence-corrected chi connectivity index (χ1v) is 13.7. The Balaban J connectivity index is 1.23. The minimum Gasteiger partial charge on any atom is -0.384 e. The minimum atomic E-state index is -1.05. The van der Waals surface area contributed by atoms with E-state index >= 15 is 0 Å². The molecule has 40 heavy (non-hydrogen) atoms. The van der Waals surface area contributed by atoms with Crippen LogP contribution in [0.5, 0.6) is 0 Å². The van der Waals surface area contributed by atoms with Crippen LogP contribution in [0.4, 0.5) is 0 Å². The molecule has 1 aromatic carbocycles. The maximum absolute atomic E-state index is 13.4. The zero-order chi connectivity index (χ0) is 28.3. The molecule has 12 heteroatoms. The number of amides is 3. The fraction of sp³-hybridized carbons (Fsp3) is 0.321. The van der Waals surface area contributed by atoms with Crippen LogP contribution in [-0.4, -0.2) is 71.6 Å². The fourth-order valence-corrected chi connectivity index (χ4v) is 5.74. The van der Waals surface area contributed by atoms with E-state index in [0.29, 0.717) is 18.8 Å². The number of carbonyl (C=O) groups excluding carboxylic acids is 3. The van der Waals surface area contributed by atoms with Crippen molar-refractivity contribution in [2.24, 2.45) is 5.73 Å². The van der Waals surface area contributed by atoms with E-state index in [-0.39, 0.29) is 43.0 Å². The van der Waals surface area contributed by atoms with Crippen LogP contribution in [0, 0.1) is 5.41 Å². The van der Waals surface area contributed by atoms with Gasteiger partial charge in [0.2, 0.25) is 11.8 Å². The maximum Gasteiger partial charge on any atom is 0.270 e. The Kier molecular flexibility index (Phi) is 7.92. The van der Waals surface area contributed by atoms with E-state index in [9.17, 15) is 14.4 Å². The summed E-state index contributed by atoms with van der Waals surface area (Å²) in [5.41, 5.74) is 8.18. The van der Waals surface area contributed by atoms with E-state index in [1.807, 2.05) is 37.3 Å². The Morgan fingerprint density at radius 3 is 2.58 bits per heavy atom. The van der Waals surface area contributed by atoms with E-state index in [4.69, 9.17) is 20.6 Å². The molecule has 2 fully saturated rings. The van der Waals surface area contributed by atoms with Gasteiger partial charge < -0.3 is 30.7 Å². The molecule has 0 bridgehead atoms. The largest absolute Gasteiger partial charge is 0.384 e. The Bertz CT molecular complexity index is 1400. The maximum atomic E-state index is 13.4. The molecule has 2 atom stereocenters. The Morgan fingerprint density at radius 2 is 1.93 bits per heavy atom. The fourth-order valence-electron chi connectivity index (χ4n) is 4.82. The molecule has 5 N–H and O–H groups in total. The number of likely N-dealkylation sites (tertiary alicyclic amines) is 1. The van der Waals surface area contributed by atoms with E-state index in [1.54, 1.807) is 29.8 Å². The summed E-state index contributed by atoms with van der Waals surface area (Å²) in [7, 11) is 0. The highest BCUT2D eigenvalue weighted by Gasteiger charge is 2.52. The monoisotopic (exact) mass is 562 g/mol. The average Bonchev–Trinajstić information content (AvgIpc) is 3.73. The number of thiophene rings is 1. The number of hydrogen-bond acceptors (Lipinski definition) is 8. The van der Waals surface area contributed by atoms with Gasteiger partial charge in [-0.05, 0) is 24.6 Å². The van der Waals surface area contributed by atoms with Gasteiger partial charge in [-0.1, -0.05) is 36.4 Å². The molecule has 0 aliphatic carbocycles. The van der Waals surface area contributed by atoms with Crippen LogP contribution in [0.15, 0.2) is 60.1 Å². The van der Waals surface area contributed by atoms with Crippen LogP contribution < -0.4 is 16.4 Å². The summed E-state index contributed by atoms with van der Waals surface area (Å²) >= 11 is 1.39. The normalized spacial score (nSPS) is 18.4. The van der Waals surface area contributed by atoms with Crippen LogP contribution in [0.3, 0.4) is 0 Å². The lowest BCUT2D eigenvalue weighted by Gasteiger charge is -2.25. The first kappa shape index (κ1) is 27.4. The summed E-state index contributed by atoms with van der Waals surface area (Å²) in [4.78, 5) is 45.8. The molecule has 2 aliphatic rings. The lowest BCUT2D eigenvalue weighted by molar-refractivity contribution is -0.152. The smallest absolute Gasteiger partial charge is 0.270 e. The van der Waals surface area contributed by atoms with Crippen molar-refractivity contribution < 1.29 is 23.9 Å². The van der Waals surface area contributed by atoms with Crippen molar-refractivity contribution >= 4 is 34.9 Å². The second-order valence-corrected chi connectivity index (χ2v) is 10.7. The highest BCUT2D eigenvalue weighted by Crippen LogP contribution is 2.35. The Hall–Kier alpha value is -4.13. The molecule has 0 saturated carbocycles. The highest BCUT2D eigenvalue weighted by molar-refractivity contribution is 7.10. The lowest BCUT2D eigenvalue weighted by Crippen LogP contribution is -2.49. The van der Waals surface area contributed by atoms with Gasteiger partial charge in [0.25, 0.3) is 5.91 Å². The number of nitrogens with one attached hydrogen (secondary N) is 3. The molecule has 208 valence electrons. The first-order valence-electron chi connectivity index (χ1n) is 12.8. The van der Waals surface area contributed by atoms with Gasteiger partial charge in [-0.2, -0.15) is 0 Å². The van der Waals surface area contributed by atoms with Crippen molar-refractivity contribution in [2.45, 2.75) is 31.2 Å². The number of hydrogen-bond donors (Lipinski definition) is 4. The van der Waals surface area contributed by atoms with Gasteiger partial charge in [-0.25, -0.2) is 0 Å². The number of nitrogens with two attached hydrogens (primary N) is 1. The summed E-state index contributed by atoms with van der Waals surface area (Å²) in [5, 5.41) is 14.9. The number of ether oxygens (including phenoxy) is 2. The standard InChI is InChI=1S/C28H30N6O5S/c1-17(23-11-20(15-40-23)25(29)30)33-27(37)22-12-28(38-9-10-39-28)16-34(22)24(35)14-32-26(36)21-8-7-19(13-31-21)18-5-3-2-4-6-18/h2-8,11,13,15,17,22H,9-10,12,14,16H2,1H3,(H3,29,30)(H,32,36)(H,33,37)/t17-,22?/m0/s1. The number of amidine groups is 1. The number of benzene rings is 1. The third-order valence-electron chi connectivity index (χ3n) is 6.95. The van der Waals surface area contributed by atoms with Crippen LogP contribution in [-0.2, 0) is 19.1 Å². The highest BCUT2D eigenvalue weighted by atomic mass is 32.1. The zero-order valence-electron chi connectivity index (χ0n) is 21.9. The van der Waals surface area contributed by atoms with Gasteiger partial charge in [-0.3, -0.25) is 24.8 Å². The van der Waals surface area contributed by atoms with Crippen molar-refractivity contribution in [3.8, 4) is 11.1 Å². The van der Waals surface area contributed by atoms with Crippen LogP contribution in [0.25, 0.3) is 11.1 Å². The third-order valence-corrected chi connectivity index (χ3v) is 8.06. The molecule has 5 rings (SSSR count). The van der Waals surface area contributed by atoms with Crippen LogP contribution in [0.1, 0.15) is 40.3 Å². The Morgan fingerprint density at radius 1 is 1.18 bits per heavy atom. The first-order chi connectivity index (χ1) is 19.2. The molecule has 4 heterocycles. The van der Waals surface area contributed by atoms with Crippen molar-refractivity contribution in [1.82, 2.24) is 20.5 Å². The van der Waals surface area contributed by atoms with Crippen molar-refractivity contribution in [3.63, 3.8) is 0 Å². The number of nitrogens with zero attached hydrogens (tertiary/aromatic N) is 2. The van der Waals surface area contributed by atoms with Crippen LogP contribution in [0.2, 0.25) is 0 Å². The van der Waals surface area contributed by atoms with Crippen molar-refractivity contribution in [3.05, 3.63) is 76.2 Å². The predicted octanol–water partition coefficient (Wildman–Crippen LogP) is 2.05. The molecule has 3 aromatic rings. The number of aromatic nitrogens is 1. The summed E-state index contributed by atoms with van der Waals surface area (Å²) in [6.07, 6.45) is 1.79. The summed E-state index contributed by atoms with van der Waals surface area (Å²) < 4.78 is 11.6. The molecule has 1 spiro atoms. The molecular formula is C28H30N6O5S. The molecule has 1 unspecified atom stereocenters. The van der Waals surface area contributed by atoms with Gasteiger partial charge >= 0.3 is 0 Å². The molecule has 2 saturated heterocycles. The summed E-state index contributed by atoms with van der Waals surface area (Å²) in [6, 6.07) is 13.6. The summed E-state index contributed by atoms with van der Waals surface area (Å²) in [6.45, 7) is 2.33. The third kappa shape index (κ3) is 5.88. The Labute approximate surface area is 235 Å². The molecule has 3 amide bonds. The molecule has 2 aromatic heterocycles. The van der Waals surface area contributed by atoms with Gasteiger partial charge in [0.15, 0.2) is 5.79 Å². The zero-order valence-corrected chi connectivity index (χ0v) is 22.7. The quantitative estimate of drug-likeness (QED) is 0.241. The average molecular weight is 563 g/mol. The van der Waals surface area contributed by atoms with Gasteiger partial charge in [0, 0.05) is 34.0 Å². The second kappa shape index (κ2) is 11.5. The number of nitrogen functional groups attached to an aromatic ring is 1. The SMILES string of the molecule is C[C@H](NC(=O)C1CC2(CN1C(=O)CNC(=O)c1ccc(-c3ccccc3)cn1)OCCO2)c1cc(C(=N)N)cs1. The minimum absolute atomic E-state index is 0.0459. The number of pyridine rings is 1. The number of rotatable bonds is 8. The van der Waals surface area contributed by atoms with Gasteiger partial charge in [0.05, 0.1) is 32.3 Å². The molecule has 0 radical (unpaired) electrons. The van der Waals surface area contributed by atoms with Crippen molar-refractivity contribution in [2.75, 3.05) is 26.3 Å². The van der Waals surface area contributed by atoms with E-state index in [0.717, 1.165) is 16.0 Å². The van der Waals surface area contributed by atoms with Crippen molar-refractivity contribution in [1.29, 1.82) is 5.41 Å². The second-order valence-electron chi connectivity index (χ2n) is 9.71. The topological polar surface area (TPSA) is 160 Å².